The number of carboxylic acid groups (broad SMARTS) is 1. The van der Waals surface area contributed by atoms with E-state index in [0.29, 0.717) is 6.54 Å². The molecule has 98 valence electrons. The SMILES string of the molecule is CC(C)C(=O)NC1CCCN(CCC(=O)O)C1. The van der Waals surface area contributed by atoms with Crippen LogP contribution in [-0.4, -0.2) is 47.6 Å². The Bertz CT molecular complexity index is 279. The Labute approximate surface area is 102 Å². The minimum atomic E-state index is -0.765. The Hall–Kier alpha value is -1.10. The van der Waals surface area contributed by atoms with Crippen molar-refractivity contribution in [1.82, 2.24) is 10.2 Å². The van der Waals surface area contributed by atoms with Gasteiger partial charge in [0.1, 0.15) is 0 Å². The number of rotatable bonds is 5. The molecule has 1 fully saturated rings. The summed E-state index contributed by atoms with van der Waals surface area (Å²) in [5.74, 6) is -0.683. The molecule has 1 unspecified atom stereocenters. The maximum atomic E-state index is 11.6. The van der Waals surface area contributed by atoms with Crippen molar-refractivity contribution in [3.05, 3.63) is 0 Å². The third-order valence-corrected chi connectivity index (χ3v) is 3.02. The molecule has 0 aliphatic carbocycles. The number of carbonyl (C=O) groups excluding carboxylic acids is 1. The molecule has 5 nitrogen and oxygen atoms in total. The molecule has 0 spiro atoms. The molecule has 1 aliphatic heterocycles. The minimum absolute atomic E-state index is 0.00407. The van der Waals surface area contributed by atoms with Crippen LogP contribution in [0.1, 0.15) is 33.1 Å². The molecule has 2 N–H and O–H groups in total. The first-order valence-electron chi connectivity index (χ1n) is 6.23. The van der Waals surface area contributed by atoms with E-state index in [9.17, 15) is 9.59 Å². The number of hydrogen-bond acceptors (Lipinski definition) is 3. The average molecular weight is 242 g/mol. The fourth-order valence-electron chi connectivity index (χ4n) is 2.00. The van der Waals surface area contributed by atoms with Gasteiger partial charge in [-0.3, -0.25) is 9.59 Å². The maximum absolute atomic E-state index is 11.6. The number of aliphatic carboxylic acids is 1. The second-order valence-corrected chi connectivity index (χ2v) is 4.95. The number of carbonyl (C=O) groups is 2. The van der Waals surface area contributed by atoms with Crippen LogP contribution in [0.25, 0.3) is 0 Å². The number of hydrogen-bond donors (Lipinski definition) is 2. The molecule has 0 aromatic carbocycles. The van der Waals surface area contributed by atoms with Gasteiger partial charge in [0.2, 0.25) is 5.91 Å². The van der Waals surface area contributed by atoms with Gasteiger partial charge in [0.05, 0.1) is 6.42 Å². The van der Waals surface area contributed by atoms with Crippen LogP contribution in [0.2, 0.25) is 0 Å². The lowest BCUT2D eigenvalue weighted by molar-refractivity contribution is -0.137. The average Bonchev–Trinajstić information content (AvgIpc) is 2.26. The Balaban J connectivity index is 2.33. The first kappa shape index (κ1) is 14.0. The van der Waals surface area contributed by atoms with Crippen molar-refractivity contribution in [3.63, 3.8) is 0 Å². The molecule has 0 aromatic heterocycles. The molecule has 1 heterocycles. The van der Waals surface area contributed by atoms with Gasteiger partial charge < -0.3 is 15.3 Å². The topological polar surface area (TPSA) is 69.6 Å². The first-order valence-corrected chi connectivity index (χ1v) is 6.23. The second kappa shape index (κ2) is 6.59. The number of amides is 1. The van der Waals surface area contributed by atoms with Gasteiger partial charge in [-0.1, -0.05) is 13.8 Å². The normalized spacial score (nSPS) is 21.5. The van der Waals surface area contributed by atoms with Gasteiger partial charge in [0, 0.05) is 25.0 Å². The number of piperidine rings is 1. The van der Waals surface area contributed by atoms with Crippen LogP contribution in [-0.2, 0) is 9.59 Å². The molecule has 1 rings (SSSR count). The summed E-state index contributed by atoms with van der Waals surface area (Å²) in [7, 11) is 0. The third kappa shape index (κ3) is 5.17. The molecule has 1 aliphatic rings. The summed E-state index contributed by atoms with van der Waals surface area (Å²) in [5, 5.41) is 11.6. The van der Waals surface area contributed by atoms with E-state index < -0.39 is 5.97 Å². The van der Waals surface area contributed by atoms with Gasteiger partial charge in [0.15, 0.2) is 0 Å². The summed E-state index contributed by atoms with van der Waals surface area (Å²) >= 11 is 0. The van der Waals surface area contributed by atoms with Crippen LogP contribution in [0, 0.1) is 5.92 Å². The Kier molecular flexibility index (Phi) is 5.41. The quantitative estimate of drug-likeness (QED) is 0.744. The Morgan fingerprint density at radius 1 is 1.47 bits per heavy atom. The van der Waals surface area contributed by atoms with Crippen molar-refractivity contribution in [3.8, 4) is 0 Å². The zero-order chi connectivity index (χ0) is 12.8. The van der Waals surface area contributed by atoms with E-state index in [1.807, 2.05) is 13.8 Å². The van der Waals surface area contributed by atoms with Crippen molar-refractivity contribution in [2.45, 2.75) is 39.2 Å². The van der Waals surface area contributed by atoms with Gasteiger partial charge in [-0.15, -0.1) is 0 Å². The van der Waals surface area contributed by atoms with Gasteiger partial charge >= 0.3 is 5.97 Å². The molecule has 1 amide bonds. The minimum Gasteiger partial charge on any atom is -0.481 e. The second-order valence-electron chi connectivity index (χ2n) is 4.95. The molecule has 1 atom stereocenters. The zero-order valence-corrected chi connectivity index (χ0v) is 10.6. The summed E-state index contributed by atoms with van der Waals surface area (Å²) in [5.41, 5.74) is 0. The van der Waals surface area contributed by atoms with E-state index in [4.69, 9.17) is 5.11 Å². The molecule has 17 heavy (non-hydrogen) atoms. The highest BCUT2D eigenvalue weighted by molar-refractivity contribution is 5.78. The summed E-state index contributed by atoms with van der Waals surface area (Å²) in [6.45, 7) is 6.02. The van der Waals surface area contributed by atoms with Crippen LogP contribution in [0.4, 0.5) is 0 Å². The van der Waals surface area contributed by atoms with Gasteiger partial charge in [0.25, 0.3) is 0 Å². The summed E-state index contributed by atoms with van der Waals surface area (Å²) in [6.07, 6.45) is 2.18. The lowest BCUT2D eigenvalue weighted by Crippen LogP contribution is -2.49. The van der Waals surface area contributed by atoms with Gasteiger partial charge in [-0.05, 0) is 19.4 Å². The van der Waals surface area contributed by atoms with E-state index in [1.165, 1.54) is 0 Å². The van der Waals surface area contributed by atoms with Gasteiger partial charge in [-0.2, -0.15) is 0 Å². The van der Waals surface area contributed by atoms with E-state index in [0.717, 1.165) is 25.9 Å². The van der Waals surface area contributed by atoms with Crippen LogP contribution < -0.4 is 5.32 Å². The molecule has 5 heteroatoms. The Morgan fingerprint density at radius 2 is 2.18 bits per heavy atom. The van der Waals surface area contributed by atoms with Crippen molar-refractivity contribution in [1.29, 1.82) is 0 Å². The van der Waals surface area contributed by atoms with Crippen LogP contribution in [0.3, 0.4) is 0 Å². The lowest BCUT2D eigenvalue weighted by Gasteiger charge is -2.33. The van der Waals surface area contributed by atoms with E-state index >= 15 is 0 Å². The number of nitrogens with zero attached hydrogens (tertiary/aromatic N) is 1. The zero-order valence-electron chi connectivity index (χ0n) is 10.6. The third-order valence-electron chi connectivity index (χ3n) is 3.02. The standard InChI is InChI=1S/C12H22N2O3/c1-9(2)12(17)13-10-4-3-6-14(8-10)7-5-11(15)16/h9-10H,3-8H2,1-2H3,(H,13,17)(H,15,16). The molecule has 0 radical (unpaired) electrons. The summed E-state index contributed by atoms with van der Waals surface area (Å²) in [6, 6.07) is 0.174. The monoisotopic (exact) mass is 242 g/mol. The number of carboxylic acids is 1. The lowest BCUT2D eigenvalue weighted by atomic mass is 10.0. The largest absolute Gasteiger partial charge is 0.481 e. The molecule has 0 saturated carbocycles. The highest BCUT2D eigenvalue weighted by Gasteiger charge is 2.22. The molecular formula is C12H22N2O3. The molecular weight excluding hydrogens is 220 g/mol. The molecule has 0 bridgehead atoms. The maximum Gasteiger partial charge on any atom is 0.304 e. The van der Waals surface area contributed by atoms with E-state index in [-0.39, 0.29) is 24.3 Å². The van der Waals surface area contributed by atoms with Crippen LogP contribution in [0.15, 0.2) is 0 Å². The smallest absolute Gasteiger partial charge is 0.304 e. The summed E-state index contributed by atoms with van der Waals surface area (Å²) < 4.78 is 0. The molecule has 0 aromatic rings. The van der Waals surface area contributed by atoms with Crippen LogP contribution in [0.5, 0.6) is 0 Å². The number of nitrogens with one attached hydrogen (secondary N) is 1. The highest BCUT2D eigenvalue weighted by Crippen LogP contribution is 2.11. The Morgan fingerprint density at radius 3 is 2.76 bits per heavy atom. The van der Waals surface area contributed by atoms with Crippen LogP contribution >= 0.6 is 0 Å². The first-order chi connectivity index (χ1) is 7.99. The number of likely N-dealkylation sites (tertiary alicyclic amines) is 1. The molecule has 1 saturated heterocycles. The highest BCUT2D eigenvalue weighted by atomic mass is 16.4. The van der Waals surface area contributed by atoms with Crippen molar-refractivity contribution >= 4 is 11.9 Å². The predicted molar refractivity (Wildman–Crippen MR) is 64.7 cm³/mol. The summed E-state index contributed by atoms with van der Waals surface area (Å²) in [4.78, 5) is 24.2. The van der Waals surface area contributed by atoms with Crippen molar-refractivity contribution < 1.29 is 14.7 Å². The van der Waals surface area contributed by atoms with E-state index in [1.54, 1.807) is 0 Å². The predicted octanol–water partition coefficient (Wildman–Crippen LogP) is 0.698. The van der Waals surface area contributed by atoms with Gasteiger partial charge in [-0.25, -0.2) is 0 Å². The van der Waals surface area contributed by atoms with Crippen molar-refractivity contribution in [2.75, 3.05) is 19.6 Å². The van der Waals surface area contributed by atoms with Crippen molar-refractivity contribution in [2.24, 2.45) is 5.92 Å². The fraction of sp³-hybridized carbons (Fsp3) is 0.833. The fourth-order valence-corrected chi connectivity index (χ4v) is 2.00. The van der Waals surface area contributed by atoms with E-state index in [2.05, 4.69) is 10.2 Å².